The number of hydrogen-bond donors (Lipinski definition) is 2. The number of hydrogen-bond acceptors (Lipinski definition) is 6. The third kappa shape index (κ3) is 2.93. The van der Waals surface area contributed by atoms with E-state index in [9.17, 15) is 8.42 Å². The Kier molecular flexibility index (Phi) is 3.76. The number of nitrogens with one attached hydrogen (secondary N) is 1. The molecule has 3 N–H and O–H groups in total. The fourth-order valence-corrected chi connectivity index (χ4v) is 3.57. The molecule has 2 aromatic rings. The SMILES string of the molecule is Cn1cnc(CNS(=O)(=O)c2ccc(CN)s2)n1. The molecule has 0 bridgehead atoms. The lowest BCUT2D eigenvalue weighted by atomic mass is 10.5. The molecule has 0 aliphatic rings. The summed E-state index contributed by atoms with van der Waals surface area (Å²) in [7, 11) is -1.79. The van der Waals surface area contributed by atoms with E-state index >= 15 is 0 Å². The van der Waals surface area contributed by atoms with Gasteiger partial charge in [0.2, 0.25) is 10.0 Å². The summed E-state index contributed by atoms with van der Waals surface area (Å²) in [6.07, 6.45) is 1.52. The molecular weight excluding hydrogens is 274 g/mol. The zero-order chi connectivity index (χ0) is 13.2. The fraction of sp³-hybridized carbons (Fsp3) is 0.333. The Balaban J connectivity index is 2.07. The van der Waals surface area contributed by atoms with E-state index in [-0.39, 0.29) is 10.8 Å². The normalized spacial score (nSPS) is 11.9. The molecule has 9 heteroatoms. The van der Waals surface area contributed by atoms with Crippen LogP contribution < -0.4 is 10.5 Å². The number of aryl methyl sites for hydroxylation is 1. The second-order valence-electron chi connectivity index (χ2n) is 3.58. The van der Waals surface area contributed by atoms with Crippen LogP contribution >= 0.6 is 11.3 Å². The lowest BCUT2D eigenvalue weighted by Crippen LogP contribution is -2.23. The first-order valence-electron chi connectivity index (χ1n) is 5.14. The second kappa shape index (κ2) is 5.14. The molecule has 0 aromatic carbocycles. The van der Waals surface area contributed by atoms with Gasteiger partial charge in [0.1, 0.15) is 10.5 Å². The molecule has 18 heavy (non-hydrogen) atoms. The summed E-state index contributed by atoms with van der Waals surface area (Å²) in [5.74, 6) is 0.427. The topological polar surface area (TPSA) is 103 Å². The summed E-state index contributed by atoms with van der Waals surface area (Å²) < 4.78 is 28.1. The van der Waals surface area contributed by atoms with Gasteiger partial charge in [-0.3, -0.25) is 4.68 Å². The van der Waals surface area contributed by atoms with Crippen LogP contribution in [0.5, 0.6) is 0 Å². The van der Waals surface area contributed by atoms with Gasteiger partial charge in [0.25, 0.3) is 0 Å². The summed E-state index contributed by atoms with van der Waals surface area (Å²) in [6, 6.07) is 3.25. The molecule has 0 unspecified atom stereocenters. The molecule has 0 saturated heterocycles. The molecule has 7 nitrogen and oxygen atoms in total. The van der Waals surface area contributed by atoms with Gasteiger partial charge in [0.15, 0.2) is 5.82 Å². The maximum atomic E-state index is 11.9. The van der Waals surface area contributed by atoms with E-state index in [0.29, 0.717) is 12.4 Å². The van der Waals surface area contributed by atoms with Crippen molar-refractivity contribution >= 4 is 21.4 Å². The minimum Gasteiger partial charge on any atom is -0.326 e. The highest BCUT2D eigenvalue weighted by Crippen LogP contribution is 2.20. The predicted molar refractivity (Wildman–Crippen MR) is 67.2 cm³/mol. The molecule has 2 rings (SSSR count). The highest BCUT2D eigenvalue weighted by molar-refractivity contribution is 7.91. The van der Waals surface area contributed by atoms with Gasteiger partial charge in [-0.15, -0.1) is 11.3 Å². The van der Waals surface area contributed by atoms with Gasteiger partial charge < -0.3 is 5.73 Å². The summed E-state index contributed by atoms with van der Waals surface area (Å²) in [6.45, 7) is 0.404. The summed E-state index contributed by atoms with van der Waals surface area (Å²) in [4.78, 5) is 4.77. The Labute approximate surface area is 109 Å². The van der Waals surface area contributed by atoms with Gasteiger partial charge in [0.05, 0.1) is 6.54 Å². The minimum absolute atomic E-state index is 0.0685. The van der Waals surface area contributed by atoms with Crippen molar-refractivity contribution in [3.63, 3.8) is 0 Å². The average Bonchev–Trinajstić information content (AvgIpc) is 2.95. The molecule has 0 aliphatic carbocycles. The van der Waals surface area contributed by atoms with E-state index in [2.05, 4.69) is 14.8 Å². The molecule has 2 aromatic heterocycles. The van der Waals surface area contributed by atoms with Crippen LogP contribution in [-0.2, 0) is 30.2 Å². The zero-order valence-corrected chi connectivity index (χ0v) is 11.3. The Hall–Kier alpha value is -1.29. The summed E-state index contributed by atoms with van der Waals surface area (Å²) in [5.41, 5.74) is 5.45. The fourth-order valence-electron chi connectivity index (χ4n) is 1.31. The quantitative estimate of drug-likeness (QED) is 0.793. The molecule has 0 aliphatic heterocycles. The van der Waals surface area contributed by atoms with Crippen molar-refractivity contribution in [3.05, 3.63) is 29.2 Å². The molecule has 0 amide bonds. The first-order chi connectivity index (χ1) is 8.51. The molecular formula is C9H13N5O2S2. The number of aromatic nitrogens is 3. The van der Waals surface area contributed by atoms with Crippen molar-refractivity contribution in [2.75, 3.05) is 0 Å². The number of thiophene rings is 1. The summed E-state index contributed by atoms with van der Waals surface area (Å²) >= 11 is 1.16. The number of sulfonamides is 1. The maximum absolute atomic E-state index is 11.9. The molecule has 0 saturated carbocycles. The monoisotopic (exact) mass is 287 g/mol. The van der Waals surface area contributed by atoms with Crippen molar-refractivity contribution in [1.29, 1.82) is 0 Å². The molecule has 0 fully saturated rings. The first kappa shape index (κ1) is 13.1. The lowest BCUT2D eigenvalue weighted by Gasteiger charge is -2.01. The van der Waals surface area contributed by atoms with Gasteiger partial charge in [-0.1, -0.05) is 0 Å². The van der Waals surface area contributed by atoms with Crippen LogP contribution in [0.4, 0.5) is 0 Å². The number of rotatable bonds is 5. The van der Waals surface area contributed by atoms with Crippen molar-refractivity contribution in [3.8, 4) is 0 Å². The largest absolute Gasteiger partial charge is 0.326 e. The van der Waals surface area contributed by atoms with E-state index in [4.69, 9.17) is 5.73 Å². The van der Waals surface area contributed by atoms with Crippen LogP contribution in [0.25, 0.3) is 0 Å². The van der Waals surface area contributed by atoms with Crippen molar-refractivity contribution in [2.45, 2.75) is 17.3 Å². The number of nitrogens with zero attached hydrogens (tertiary/aromatic N) is 3. The Morgan fingerprint density at radius 3 is 2.83 bits per heavy atom. The zero-order valence-electron chi connectivity index (χ0n) is 9.70. The van der Waals surface area contributed by atoms with E-state index < -0.39 is 10.0 Å². The molecule has 0 radical (unpaired) electrons. The smallest absolute Gasteiger partial charge is 0.250 e. The van der Waals surface area contributed by atoms with Gasteiger partial charge >= 0.3 is 0 Å². The van der Waals surface area contributed by atoms with Crippen LogP contribution in [0.2, 0.25) is 0 Å². The van der Waals surface area contributed by atoms with Crippen molar-refractivity contribution in [2.24, 2.45) is 12.8 Å². The Bertz CT molecular complexity index is 631. The second-order valence-corrected chi connectivity index (χ2v) is 6.75. The highest BCUT2D eigenvalue weighted by atomic mass is 32.2. The third-order valence-electron chi connectivity index (χ3n) is 2.17. The minimum atomic E-state index is -3.51. The third-order valence-corrected chi connectivity index (χ3v) is 5.17. The van der Waals surface area contributed by atoms with Crippen LogP contribution in [0, 0.1) is 0 Å². The lowest BCUT2D eigenvalue weighted by molar-refractivity contribution is 0.580. The average molecular weight is 287 g/mol. The molecule has 0 atom stereocenters. The molecule has 2 heterocycles. The van der Waals surface area contributed by atoms with Crippen LogP contribution in [0.15, 0.2) is 22.7 Å². The van der Waals surface area contributed by atoms with Crippen molar-refractivity contribution < 1.29 is 8.42 Å². The van der Waals surface area contributed by atoms with Gasteiger partial charge in [0, 0.05) is 18.5 Å². The maximum Gasteiger partial charge on any atom is 0.250 e. The van der Waals surface area contributed by atoms with E-state index in [1.807, 2.05) is 0 Å². The van der Waals surface area contributed by atoms with Crippen LogP contribution in [-0.4, -0.2) is 23.2 Å². The number of nitrogens with two attached hydrogens (primary N) is 1. The Morgan fingerprint density at radius 1 is 1.50 bits per heavy atom. The molecule has 0 spiro atoms. The molecule has 98 valence electrons. The van der Waals surface area contributed by atoms with E-state index in [1.165, 1.54) is 11.0 Å². The highest BCUT2D eigenvalue weighted by Gasteiger charge is 2.17. The Morgan fingerprint density at radius 2 is 2.28 bits per heavy atom. The first-order valence-corrected chi connectivity index (χ1v) is 7.44. The van der Waals surface area contributed by atoms with Crippen LogP contribution in [0.3, 0.4) is 0 Å². The van der Waals surface area contributed by atoms with Gasteiger partial charge in [-0.25, -0.2) is 18.1 Å². The van der Waals surface area contributed by atoms with Gasteiger partial charge in [-0.2, -0.15) is 5.10 Å². The van der Waals surface area contributed by atoms with Crippen molar-refractivity contribution in [1.82, 2.24) is 19.5 Å². The van der Waals surface area contributed by atoms with Gasteiger partial charge in [-0.05, 0) is 12.1 Å². The predicted octanol–water partition coefficient (Wildman–Crippen LogP) is -0.186. The van der Waals surface area contributed by atoms with E-state index in [1.54, 1.807) is 19.2 Å². The summed E-state index contributed by atoms with van der Waals surface area (Å²) in [5, 5.41) is 3.99. The van der Waals surface area contributed by atoms with E-state index in [0.717, 1.165) is 16.2 Å². The van der Waals surface area contributed by atoms with Crippen LogP contribution in [0.1, 0.15) is 10.7 Å². The standard InChI is InChI=1S/C9H13N5O2S2/c1-14-6-11-8(13-14)5-12-18(15,16)9-3-2-7(4-10)17-9/h2-3,6,12H,4-5,10H2,1H3.